The molecule has 0 aromatic heterocycles. The van der Waals surface area contributed by atoms with E-state index in [2.05, 4.69) is 5.32 Å². The van der Waals surface area contributed by atoms with Crippen molar-refractivity contribution in [2.45, 2.75) is 6.18 Å². The average Bonchev–Trinajstić information content (AvgIpc) is 2.33. The van der Waals surface area contributed by atoms with E-state index in [1.807, 2.05) is 0 Å². The second-order valence-electron chi connectivity index (χ2n) is 3.90. The summed E-state index contributed by atoms with van der Waals surface area (Å²) in [6.45, 7) is 0. The van der Waals surface area contributed by atoms with Crippen molar-refractivity contribution in [1.29, 1.82) is 0 Å². The maximum Gasteiger partial charge on any atom is 0.419 e. The quantitative estimate of drug-likeness (QED) is 0.635. The molecule has 2 aromatic rings. The Morgan fingerprint density at radius 1 is 1.00 bits per heavy atom. The van der Waals surface area contributed by atoms with E-state index in [4.69, 9.17) is 5.73 Å². The Kier molecular flexibility index (Phi) is 3.33. The number of nitrogen functional groups attached to an aromatic ring is 1. The van der Waals surface area contributed by atoms with Crippen LogP contribution in [0.5, 0.6) is 0 Å². The maximum absolute atomic E-state index is 13.1. The van der Waals surface area contributed by atoms with E-state index >= 15 is 0 Å². The molecule has 0 unspecified atom stereocenters. The number of para-hydroxylation sites is 2. The van der Waals surface area contributed by atoms with Crippen molar-refractivity contribution in [3.63, 3.8) is 0 Å². The van der Waals surface area contributed by atoms with E-state index in [9.17, 15) is 17.6 Å². The summed E-state index contributed by atoms with van der Waals surface area (Å²) in [5.41, 5.74) is 5.32. The monoisotopic (exact) mass is 270 g/mol. The van der Waals surface area contributed by atoms with Gasteiger partial charge in [-0.15, -0.1) is 0 Å². The third-order valence-corrected chi connectivity index (χ3v) is 2.51. The summed E-state index contributed by atoms with van der Waals surface area (Å²) in [6.07, 6.45) is -4.73. The normalized spacial score (nSPS) is 11.4. The molecule has 2 rings (SSSR count). The molecule has 0 heterocycles. The molecule has 3 N–H and O–H groups in total. The Hall–Kier alpha value is -2.24. The summed E-state index contributed by atoms with van der Waals surface area (Å²) in [5.74, 6) is -1.31. The van der Waals surface area contributed by atoms with Crippen LogP contribution in [0.2, 0.25) is 0 Å². The van der Waals surface area contributed by atoms with Crippen molar-refractivity contribution in [2.75, 3.05) is 11.1 Å². The lowest BCUT2D eigenvalue weighted by atomic mass is 10.1. The topological polar surface area (TPSA) is 38.0 Å². The number of hydrogen-bond donors (Lipinski definition) is 2. The van der Waals surface area contributed by atoms with Gasteiger partial charge in [-0.25, -0.2) is 4.39 Å². The Morgan fingerprint density at radius 3 is 2.32 bits per heavy atom. The average molecular weight is 270 g/mol. The van der Waals surface area contributed by atoms with E-state index in [-0.39, 0.29) is 5.69 Å². The molecule has 2 nitrogen and oxygen atoms in total. The van der Waals surface area contributed by atoms with Crippen LogP contribution in [0.4, 0.5) is 34.6 Å². The Balaban J connectivity index is 2.35. The largest absolute Gasteiger partial charge is 0.419 e. The SMILES string of the molecule is Nc1ccccc1Nc1ccc(F)c(C(F)(F)F)c1. The molecule has 0 aliphatic carbocycles. The predicted molar refractivity (Wildman–Crippen MR) is 65.5 cm³/mol. The summed E-state index contributed by atoms with van der Waals surface area (Å²) >= 11 is 0. The number of halogens is 4. The maximum atomic E-state index is 13.1. The zero-order valence-electron chi connectivity index (χ0n) is 9.63. The van der Waals surface area contributed by atoms with E-state index in [1.54, 1.807) is 24.3 Å². The van der Waals surface area contributed by atoms with Gasteiger partial charge in [0.1, 0.15) is 5.82 Å². The first kappa shape index (κ1) is 13.2. The molecule has 0 spiro atoms. The number of benzene rings is 2. The van der Waals surface area contributed by atoms with Crippen molar-refractivity contribution in [3.05, 3.63) is 53.8 Å². The van der Waals surface area contributed by atoms with Gasteiger partial charge in [0, 0.05) is 5.69 Å². The van der Waals surface area contributed by atoms with E-state index < -0.39 is 17.6 Å². The summed E-state index contributed by atoms with van der Waals surface area (Å²) in [7, 11) is 0. The van der Waals surface area contributed by atoms with Gasteiger partial charge < -0.3 is 11.1 Å². The van der Waals surface area contributed by atoms with Crippen LogP contribution in [0.1, 0.15) is 5.56 Å². The zero-order chi connectivity index (χ0) is 14.0. The van der Waals surface area contributed by atoms with Gasteiger partial charge in [-0.3, -0.25) is 0 Å². The lowest BCUT2D eigenvalue weighted by molar-refractivity contribution is -0.139. The molecule has 0 bridgehead atoms. The third kappa shape index (κ3) is 2.96. The Morgan fingerprint density at radius 2 is 1.68 bits per heavy atom. The van der Waals surface area contributed by atoms with Gasteiger partial charge in [0.05, 0.1) is 16.9 Å². The lowest BCUT2D eigenvalue weighted by Gasteiger charge is -2.12. The molecular weight excluding hydrogens is 260 g/mol. The van der Waals surface area contributed by atoms with Gasteiger partial charge in [0.15, 0.2) is 0 Å². The molecule has 2 aromatic carbocycles. The highest BCUT2D eigenvalue weighted by Gasteiger charge is 2.34. The first-order valence-corrected chi connectivity index (χ1v) is 5.36. The summed E-state index contributed by atoms with van der Waals surface area (Å²) in [6, 6.07) is 9.31. The number of nitrogens with one attached hydrogen (secondary N) is 1. The van der Waals surface area contributed by atoms with Crippen LogP contribution in [0.15, 0.2) is 42.5 Å². The van der Waals surface area contributed by atoms with Gasteiger partial charge in [-0.05, 0) is 30.3 Å². The predicted octanol–water partition coefficient (Wildman–Crippen LogP) is 4.17. The Bertz CT molecular complexity index is 593. The van der Waals surface area contributed by atoms with E-state index in [0.29, 0.717) is 17.4 Å². The number of alkyl halides is 3. The van der Waals surface area contributed by atoms with Crippen molar-refractivity contribution >= 4 is 17.1 Å². The van der Waals surface area contributed by atoms with Crippen LogP contribution in [0.3, 0.4) is 0 Å². The molecule has 0 atom stereocenters. The van der Waals surface area contributed by atoms with Crippen molar-refractivity contribution < 1.29 is 17.6 Å². The van der Waals surface area contributed by atoms with Crippen LogP contribution in [-0.2, 0) is 6.18 Å². The number of nitrogens with two attached hydrogens (primary N) is 1. The molecule has 6 heteroatoms. The first-order chi connectivity index (χ1) is 8.88. The molecule has 0 saturated heterocycles. The van der Waals surface area contributed by atoms with Gasteiger partial charge in [-0.1, -0.05) is 12.1 Å². The van der Waals surface area contributed by atoms with Crippen molar-refractivity contribution in [1.82, 2.24) is 0 Å². The second kappa shape index (κ2) is 4.79. The highest BCUT2D eigenvalue weighted by molar-refractivity contribution is 5.72. The van der Waals surface area contributed by atoms with Gasteiger partial charge in [-0.2, -0.15) is 13.2 Å². The smallest absolute Gasteiger partial charge is 0.397 e. The molecule has 100 valence electrons. The lowest BCUT2D eigenvalue weighted by Crippen LogP contribution is -2.08. The van der Waals surface area contributed by atoms with Gasteiger partial charge >= 0.3 is 6.18 Å². The fraction of sp³-hybridized carbons (Fsp3) is 0.0769. The highest BCUT2D eigenvalue weighted by atomic mass is 19.4. The fourth-order valence-corrected chi connectivity index (χ4v) is 1.59. The zero-order valence-corrected chi connectivity index (χ0v) is 9.63. The highest BCUT2D eigenvalue weighted by Crippen LogP contribution is 2.34. The molecule has 0 amide bonds. The van der Waals surface area contributed by atoms with Crippen molar-refractivity contribution in [2.24, 2.45) is 0 Å². The fourth-order valence-electron chi connectivity index (χ4n) is 1.59. The minimum atomic E-state index is -4.73. The summed E-state index contributed by atoms with van der Waals surface area (Å²) in [5, 5.41) is 2.72. The molecule has 0 aliphatic rings. The molecule has 0 aliphatic heterocycles. The van der Waals surface area contributed by atoms with E-state index in [1.165, 1.54) is 6.07 Å². The molecule has 19 heavy (non-hydrogen) atoms. The van der Waals surface area contributed by atoms with E-state index in [0.717, 1.165) is 6.07 Å². The number of rotatable bonds is 2. The Labute approximate surface area is 106 Å². The van der Waals surface area contributed by atoms with Gasteiger partial charge in [0.25, 0.3) is 0 Å². The van der Waals surface area contributed by atoms with Crippen LogP contribution in [-0.4, -0.2) is 0 Å². The molecule has 0 saturated carbocycles. The first-order valence-electron chi connectivity index (χ1n) is 5.36. The second-order valence-corrected chi connectivity index (χ2v) is 3.90. The van der Waals surface area contributed by atoms with Crippen LogP contribution in [0, 0.1) is 5.82 Å². The minimum absolute atomic E-state index is 0.117. The number of anilines is 3. The van der Waals surface area contributed by atoms with Gasteiger partial charge in [0.2, 0.25) is 0 Å². The van der Waals surface area contributed by atoms with Crippen LogP contribution in [0.25, 0.3) is 0 Å². The molecular formula is C13H10F4N2. The third-order valence-electron chi connectivity index (χ3n) is 2.51. The summed E-state index contributed by atoms with van der Waals surface area (Å²) < 4.78 is 50.8. The standard InChI is InChI=1S/C13H10F4N2/c14-10-6-5-8(7-9(10)13(15,16)17)19-12-4-2-1-3-11(12)18/h1-7,19H,18H2. The number of hydrogen-bond acceptors (Lipinski definition) is 2. The summed E-state index contributed by atoms with van der Waals surface area (Å²) in [4.78, 5) is 0. The van der Waals surface area contributed by atoms with Crippen LogP contribution >= 0.6 is 0 Å². The molecule has 0 fully saturated rings. The van der Waals surface area contributed by atoms with Crippen LogP contribution < -0.4 is 11.1 Å². The minimum Gasteiger partial charge on any atom is -0.397 e. The molecule has 0 radical (unpaired) electrons. The van der Waals surface area contributed by atoms with Crippen molar-refractivity contribution in [3.8, 4) is 0 Å².